The Bertz CT molecular complexity index is 551. The third kappa shape index (κ3) is 4.69. The van der Waals surface area contributed by atoms with Gasteiger partial charge in [-0.2, -0.15) is 0 Å². The van der Waals surface area contributed by atoms with Crippen LogP contribution < -0.4 is 0 Å². The van der Waals surface area contributed by atoms with Crippen LogP contribution in [0.1, 0.15) is 22.3 Å². The van der Waals surface area contributed by atoms with Crippen molar-refractivity contribution in [1.29, 1.82) is 0 Å². The molecule has 0 saturated heterocycles. The Morgan fingerprint density at radius 2 is 1.29 bits per heavy atom. The molecule has 0 amide bonds. The van der Waals surface area contributed by atoms with Gasteiger partial charge in [0.1, 0.15) is 0 Å². The molecule has 112 valence electrons. The van der Waals surface area contributed by atoms with Gasteiger partial charge in [-0.15, -0.1) is 0 Å². The first-order chi connectivity index (χ1) is 10.1. The van der Waals surface area contributed by atoms with Crippen LogP contribution in [0, 0.1) is 19.3 Å². The molecule has 0 N–H and O–H groups in total. The minimum Gasteiger partial charge on any atom is -0.0921 e. The normalized spacial score (nSPS) is 11.6. The summed E-state index contributed by atoms with van der Waals surface area (Å²) in [7, 11) is 0. The topological polar surface area (TPSA) is 0 Å². The molecule has 0 aliphatic rings. The van der Waals surface area contributed by atoms with Crippen molar-refractivity contribution in [3.05, 3.63) is 70.8 Å². The highest BCUT2D eigenvalue weighted by Crippen LogP contribution is 2.33. The average molecular weight is 410 g/mol. The smallest absolute Gasteiger partial charge is 0.0102 e. The third-order valence-corrected chi connectivity index (χ3v) is 6.23. The quantitative estimate of drug-likeness (QED) is 0.523. The molecule has 0 aromatic heterocycles. The highest BCUT2D eigenvalue weighted by Gasteiger charge is 2.28. The van der Waals surface area contributed by atoms with Crippen molar-refractivity contribution in [3.8, 4) is 0 Å². The zero-order valence-electron chi connectivity index (χ0n) is 12.7. The van der Waals surface area contributed by atoms with E-state index in [1.807, 2.05) is 0 Å². The van der Waals surface area contributed by atoms with E-state index in [9.17, 15) is 0 Å². The maximum absolute atomic E-state index is 3.76. The van der Waals surface area contributed by atoms with Gasteiger partial charge in [0.2, 0.25) is 0 Å². The molecule has 2 rings (SSSR count). The second kappa shape index (κ2) is 7.60. The molecule has 2 heteroatoms. The van der Waals surface area contributed by atoms with Gasteiger partial charge in [-0.1, -0.05) is 91.5 Å². The molecule has 0 heterocycles. The number of hydrogen-bond donors (Lipinski definition) is 0. The van der Waals surface area contributed by atoms with Crippen molar-refractivity contribution in [2.45, 2.75) is 26.7 Å². The minimum absolute atomic E-state index is 0.210. The Hall–Kier alpha value is -0.600. The predicted octanol–water partition coefficient (Wildman–Crippen LogP) is 5.86. The number of benzene rings is 2. The van der Waals surface area contributed by atoms with Gasteiger partial charge in [0, 0.05) is 10.7 Å². The molecule has 21 heavy (non-hydrogen) atoms. The molecule has 0 fully saturated rings. The third-order valence-electron chi connectivity index (χ3n) is 3.85. The van der Waals surface area contributed by atoms with Gasteiger partial charge in [0.15, 0.2) is 0 Å². The molecule has 0 atom stereocenters. The van der Waals surface area contributed by atoms with E-state index < -0.39 is 0 Å². The fraction of sp³-hybridized carbons (Fsp3) is 0.368. The summed E-state index contributed by atoms with van der Waals surface area (Å²) in [6, 6.07) is 17.7. The maximum atomic E-state index is 3.76. The summed E-state index contributed by atoms with van der Waals surface area (Å²) in [5.74, 6) is 0. The van der Waals surface area contributed by atoms with Crippen molar-refractivity contribution in [3.63, 3.8) is 0 Å². The lowest BCUT2D eigenvalue weighted by molar-refractivity contribution is 0.386. The lowest BCUT2D eigenvalue weighted by atomic mass is 9.79. The molecular formula is C19H22Br2. The van der Waals surface area contributed by atoms with Crippen LogP contribution >= 0.6 is 31.9 Å². The standard InChI is InChI=1S/C19H22Br2/c1-15-8-16(2)10-18(9-15)12-19(13-20,14-21)11-17-6-4-3-5-7-17/h3-10H,11-14H2,1-2H3. The molecule has 0 radical (unpaired) electrons. The van der Waals surface area contributed by atoms with E-state index in [2.05, 4.69) is 94.2 Å². The Balaban J connectivity index is 2.25. The van der Waals surface area contributed by atoms with E-state index in [1.165, 1.54) is 22.3 Å². The van der Waals surface area contributed by atoms with E-state index in [0.717, 1.165) is 23.5 Å². The maximum Gasteiger partial charge on any atom is 0.0102 e. The van der Waals surface area contributed by atoms with Crippen molar-refractivity contribution in [2.75, 3.05) is 10.7 Å². The second-order valence-corrected chi connectivity index (χ2v) is 7.22. The Kier molecular flexibility index (Phi) is 6.07. The summed E-state index contributed by atoms with van der Waals surface area (Å²) in [6.07, 6.45) is 2.16. The number of alkyl halides is 2. The summed E-state index contributed by atoms with van der Waals surface area (Å²) in [4.78, 5) is 0. The summed E-state index contributed by atoms with van der Waals surface area (Å²) in [5, 5.41) is 1.99. The fourth-order valence-electron chi connectivity index (χ4n) is 2.92. The summed E-state index contributed by atoms with van der Waals surface area (Å²) >= 11 is 7.51. The Labute approximate surface area is 145 Å². The van der Waals surface area contributed by atoms with Crippen LogP contribution in [0.15, 0.2) is 48.5 Å². The van der Waals surface area contributed by atoms with Crippen molar-refractivity contribution in [2.24, 2.45) is 5.41 Å². The van der Waals surface area contributed by atoms with E-state index >= 15 is 0 Å². The monoisotopic (exact) mass is 408 g/mol. The molecule has 2 aromatic rings. The van der Waals surface area contributed by atoms with Gasteiger partial charge in [-0.25, -0.2) is 0 Å². The molecule has 0 bridgehead atoms. The number of hydrogen-bond acceptors (Lipinski definition) is 0. The first kappa shape index (κ1) is 16.8. The molecule has 0 aliphatic heterocycles. The highest BCUT2D eigenvalue weighted by molar-refractivity contribution is 9.09. The van der Waals surface area contributed by atoms with Crippen molar-refractivity contribution >= 4 is 31.9 Å². The van der Waals surface area contributed by atoms with Gasteiger partial charge < -0.3 is 0 Å². The Morgan fingerprint density at radius 3 is 1.81 bits per heavy atom. The van der Waals surface area contributed by atoms with Crippen LogP contribution in [-0.2, 0) is 12.8 Å². The summed E-state index contributed by atoms with van der Waals surface area (Å²) in [6.45, 7) is 4.36. The fourth-order valence-corrected chi connectivity index (χ4v) is 4.64. The summed E-state index contributed by atoms with van der Waals surface area (Å²) in [5.41, 5.74) is 5.75. The van der Waals surface area contributed by atoms with E-state index in [0.29, 0.717) is 0 Å². The zero-order chi connectivity index (χ0) is 15.3. The lowest BCUT2D eigenvalue weighted by Gasteiger charge is -2.31. The zero-order valence-corrected chi connectivity index (χ0v) is 15.9. The first-order valence-corrected chi connectivity index (χ1v) is 9.54. The molecule has 0 saturated carbocycles. The second-order valence-electron chi connectivity index (χ2n) is 6.10. The van der Waals surface area contributed by atoms with Crippen LogP contribution in [0.4, 0.5) is 0 Å². The number of aryl methyl sites for hydroxylation is 2. The summed E-state index contributed by atoms with van der Waals surface area (Å²) < 4.78 is 0. The van der Waals surface area contributed by atoms with Gasteiger partial charge in [-0.3, -0.25) is 0 Å². The van der Waals surface area contributed by atoms with Gasteiger partial charge in [0.25, 0.3) is 0 Å². The molecule has 0 nitrogen and oxygen atoms in total. The van der Waals surface area contributed by atoms with Gasteiger partial charge in [-0.05, 0) is 43.2 Å². The van der Waals surface area contributed by atoms with Crippen LogP contribution in [0.2, 0.25) is 0 Å². The van der Waals surface area contributed by atoms with E-state index in [1.54, 1.807) is 0 Å². The molecule has 0 spiro atoms. The van der Waals surface area contributed by atoms with Gasteiger partial charge >= 0.3 is 0 Å². The average Bonchev–Trinajstić information content (AvgIpc) is 2.46. The SMILES string of the molecule is Cc1cc(C)cc(CC(CBr)(CBr)Cc2ccccc2)c1. The molecular weight excluding hydrogens is 388 g/mol. The molecule has 2 aromatic carbocycles. The number of halogens is 2. The van der Waals surface area contributed by atoms with Crippen LogP contribution in [0.25, 0.3) is 0 Å². The minimum atomic E-state index is 0.210. The van der Waals surface area contributed by atoms with Crippen LogP contribution in [-0.4, -0.2) is 10.7 Å². The molecule has 0 unspecified atom stereocenters. The van der Waals surface area contributed by atoms with Crippen molar-refractivity contribution < 1.29 is 0 Å². The van der Waals surface area contributed by atoms with Crippen LogP contribution in [0.5, 0.6) is 0 Å². The largest absolute Gasteiger partial charge is 0.0921 e. The van der Waals surface area contributed by atoms with Crippen molar-refractivity contribution in [1.82, 2.24) is 0 Å². The van der Waals surface area contributed by atoms with Gasteiger partial charge in [0.05, 0.1) is 0 Å². The lowest BCUT2D eigenvalue weighted by Crippen LogP contribution is -2.30. The highest BCUT2D eigenvalue weighted by atomic mass is 79.9. The number of rotatable bonds is 6. The predicted molar refractivity (Wildman–Crippen MR) is 99.8 cm³/mol. The first-order valence-electron chi connectivity index (χ1n) is 7.30. The Morgan fingerprint density at radius 1 is 0.762 bits per heavy atom. The van der Waals surface area contributed by atoms with Crippen LogP contribution in [0.3, 0.4) is 0 Å². The van der Waals surface area contributed by atoms with E-state index in [4.69, 9.17) is 0 Å². The van der Waals surface area contributed by atoms with E-state index in [-0.39, 0.29) is 5.41 Å². The molecule has 0 aliphatic carbocycles.